The van der Waals surface area contributed by atoms with Crippen molar-refractivity contribution >= 4 is 22.5 Å². The molecule has 6 heteroatoms. The summed E-state index contributed by atoms with van der Waals surface area (Å²) in [6.07, 6.45) is 4.57. The number of fused-ring (bicyclic) bond motifs is 1. The highest BCUT2D eigenvalue weighted by Gasteiger charge is 2.04. The fraction of sp³-hybridized carbons (Fsp3) is 0.286. The van der Waals surface area contributed by atoms with E-state index >= 15 is 0 Å². The second-order valence-corrected chi connectivity index (χ2v) is 5.20. The third kappa shape index (κ3) is 2.84. The lowest BCUT2D eigenvalue weighted by Gasteiger charge is -2.02. The van der Waals surface area contributed by atoms with Crippen LogP contribution in [0.15, 0.2) is 30.7 Å². The van der Waals surface area contributed by atoms with Gasteiger partial charge in [-0.1, -0.05) is 17.7 Å². The molecule has 1 aromatic carbocycles. The van der Waals surface area contributed by atoms with Crippen LogP contribution in [0.4, 0.5) is 0 Å². The Hall–Kier alpha value is -1.85. The number of nitrogens with zero attached hydrogens (tertiary/aromatic N) is 3. The molecule has 3 rings (SSSR count). The maximum atomic E-state index is 5.97. The predicted molar refractivity (Wildman–Crippen MR) is 79.7 cm³/mol. The van der Waals surface area contributed by atoms with E-state index in [0.717, 1.165) is 35.9 Å². The molecule has 0 aliphatic rings. The van der Waals surface area contributed by atoms with E-state index in [1.165, 1.54) is 10.9 Å². The molecule has 0 fully saturated rings. The Bertz CT molecular complexity index is 715. The zero-order chi connectivity index (χ0) is 13.9. The van der Waals surface area contributed by atoms with Crippen molar-refractivity contribution in [2.24, 2.45) is 7.05 Å². The molecule has 0 atom stereocenters. The molecule has 0 saturated carbocycles. The molecule has 2 N–H and O–H groups in total. The second kappa shape index (κ2) is 5.64. The van der Waals surface area contributed by atoms with Crippen LogP contribution in [0.5, 0.6) is 0 Å². The van der Waals surface area contributed by atoms with E-state index in [1.54, 1.807) is 11.0 Å². The molecule has 0 unspecified atom stereocenters. The minimum Gasteiger partial charge on any atom is -0.361 e. The molecule has 0 amide bonds. The van der Waals surface area contributed by atoms with Crippen LogP contribution in [0, 0.1) is 0 Å². The lowest BCUT2D eigenvalue weighted by molar-refractivity contribution is 0.663. The summed E-state index contributed by atoms with van der Waals surface area (Å²) in [6, 6.07) is 5.91. The fourth-order valence-electron chi connectivity index (χ4n) is 2.23. The van der Waals surface area contributed by atoms with Crippen molar-refractivity contribution in [3.63, 3.8) is 0 Å². The second-order valence-electron chi connectivity index (χ2n) is 4.77. The van der Waals surface area contributed by atoms with Crippen molar-refractivity contribution in [3.8, 4) is 0 Å². The number of H-pyrrole nitrogens is 1. The quantitative estimate of drug-likeness (QED) is 0.709. The maximum absolute atomic E-state index is 5.97. The summed E-state index contributed by atoms with van der Waals surface area (Å²) in [7, 11) is 1.88. The first-order valence-corrected chi connectivity index (χ1v) is 6.91. The van der Waals surface area contributed by atoms with E-state index in [0.29, 0.717) is 0 Å². The lowest BCUT2D eigenvalue weighted by atomic mass is 10.2. The predicted octanol–water partition coefficient (Wildman–Crippen LogP) is 2.28. The van der Waals surface area contributed by atoms with Crippen LogP contribution in [0.25, 0.3) is 10.9 Å². The van der Waals surface area contributed by atoms with Gasteiger partial charge in [-0.15, -0.1) is 0 Å². The molecule has 0 aliphatic carbocycles. The zero-order valence-electron chi connectivity index (χ0n) is 11.2. The van der Waals surface area contributed by atoms with Crippen molar-refractivity contribution in [1.82, 2.24) is 25.1 Å². The van der Waals surface area contributed by atoms with Gasteiger partial charge in [-0.3, -0.25) is 4.68 Å². The molecular weight excluding hydrogens is 274 g/mol. The standard InChI is InChI=1S/C14H16ClN5/c1-20-9-18-14(19-20)4-5-16-7-10-8-17-13-6-11(15)2-3-12(10)13/h2-3,6,8-9,16-17H,4-5,7H2,1H3. The average Bonchev–Trinajstić information content (AvgIpc) is 3.01. The first kappa shape index (κ1) is 13.1. The Balaban J connectivity index is 1.57. The summed E-state index contributed by atoms with van der Waals surface area (Å²) in [5, 5.41) is 9.62. The molecular formula is C14H16ClN5. The van der Waals surface area contributed by atoms with E-state index in [1.807, 2.05) is 31.4 Å². The molecule has 3 aromatic rings. The molecule has 2 heterocycles. The minimum atomic E-state index is 0.750. The number of aryl methyl sites for hydroxylation is 1. The smallest absolute Gasteiger partial charge is 0.151 e. The van der Waals surface area contributed by atoms with Gasteiger partial charge in [0.15, 0.2) is 5.82 Å². The number of halogens is 1. The number of rotatable bonds is 5. The van der Waals surface area contributed by atoms with Crippen LogP contribution in [-0.4, -0.2) is 26.3 Å². The molecule has 0 aliphatic heterocycles. The molecule has 0 radical (unpaired) electrons. The number of aromatic nitrogens is 4. The number of benzene rings is 1. The van der Waals surface area contributed by atoms with E-state index in [4.69, 9.17) is 11.6 Å². The summed E-state index contributed by atoms with van der Waals surface area (Å²) in [5.74, 6) is 0.866. The lowest BCUT2D eigenvalue weighted by Crippen LogP contribution is -2.17. The maximum Gasteiger partial charge on any atom is 0.151 e. The van der Waals surface area contributed by atoms with Gasteiger partial charge in [-0.25, -0.2) is 4.98 Å². The monoisotopic (exact) mass is 289 g/mol. The molecule has 0 bridgehead atoms. The van der Waals surface area contributed by atoms with Gasteiger partial charge in [0.2, 0.25) is 0 Å². The third-order valence-corrected chi connectivity index (χ3v) is 3.45. The van der Waals surface area contributed by atoms with E-state index in [2.05, 4.69) is 20.4 Å². The van der Waals surface area contributed by atoms with Gasteiger partial charge in [0.1, 0.15) is 6.33 Å². The number of nitrogens with one attached hydrogen (secondary N) is 2. The summed E-state index contributed by atoms with van der Waals surface area (Å²) in [5.41, 5.74) is 2.31. The van der Waals surface area contributed by atoms with Crippen LogP contribution in [0.3, 0.4) is 0 Å². The van der Waals surface area contributed by atoms with Crippen molar-refractivity contribution in [1.29, 1.82) is 0 Å². The van der Waals surface area contributed by atoms with Crippen LogP contribution in [0.2, 0.25) is 5.02 Å². The van der Waals surface area contributed by atoms with E-state index < -0.39 is 0 Å². The molecule has 5 nitrogen and oxygen atoms in total. The molecule has 0 spiro atoms. The highest BCUT2D eigenvalue weighted by Crippen LogP contribution is 2.21. The molecule has 0 saturated heterocycles. The van der Waals surface area contributed by atoms with Gasteiger partial charge in [0.05, 0.1) is 0 Å². The Morgan fingerprint density at radius 3 is 3.10 bits per heavy atom. The van der Waals surface area contributed by atoms with Crippen molar-refractivity contribution in [3.05, 3.63) is 47.1 Å². The first-order chi connectivity index (χ1) is 9.72. The minimum absolute atomic E-state index is 0.750. The van der Waals surface area contributed by atoms with Crippen molar-refractivity contribution < 1.29 is 0 Å². The normalized spacial score (nSPS) is 11.3. The first-order valence-electron chi connectivity index (χ1n) is 6.53. The molecule has 20 heavy (non-hydrogen) atoms. The van der Waals surface area contributed by atoms with E-state index in [9.17, 15) is 0 Å². The highest BCUT2D eigenvalue weighted by atomic mass is 35.5. The van der Waals surface area contributed by atoms with Crippen LogP contribution < -0.4 is 5.32 Å². The number of hydrogen-bond acceptors (Lipinski definition) is 3. The number of hydrogen-bond donors (Lipinski definition) is 2. The third-order valence-electron chi connectivity index (χ3n) is 3.22. The van der Waals surface area contributed by atoms with Crippen molar-refractivity contribution in [2.45, 2.75) is 13.0 Å². The Labute approximate surface area is 122 Å². The fourth-order valence-corrected chi connectivity index (χ4v) is 2.40. The van der Waals surface area contributed by atoms with Crippen LogP contribution in [-0.2, 0) is 20.0 Å². The SMILES string of the molecule is Cn1cnc(CCNCc2c[nH]c3cc(Cl)ccc23)n1. The van der Waals surface area contributed by atoms with Crippen molar-refractivity contribution in [2.75, 3.05) is 6.54 Å². The average molecular weight is 290 g/mol. The number of aromatic amines is 1. The Morgan fingerprint density at radius 1 is 1.40 bits per heavy atom. The van der Waals surface area contributed by atoms with Gasteiger partial charge < -0.3 is 10.3 Å². The van der Waals surface area contributed by atoms with Crippen LogP contribution in [0.1, 0.15) is 11.4 Å². The Morgan fingerprint density at radius 2 is 2.30 bits per heavy atom. The summed E-state index contributed by atoms with van der Waals surface area (Å²) >= 11 is 5.97. The van der Waals surface area contributed by atoms with Crippen LogP contribution >= 0.6 is 11.6 Å². The summed E-state index contributed by atoms with van der Waals surface area (Å²) in [4.78, 5) is 7.44. The van der Waals surface area contributed by atoms with Gasteiger partial charge in [-0.05, 0) is 17.7 Å². The summed E-state index contributed by atoms with van der Waals surface area (Å²) in [6.45, 7) is 1.67. The molecule has 2 aromatic heterocycles. The summed E-state index contributed by atoms with van der Waals surface area (Å²) < 4.78 is 1.72. The molecule has 104 valence electrons. The zero-order valence-corrected chi connectivity index (χ0v) is 12.0. The topological polar surface area (TPSA) is 58.5 Å². The van der Waals surface area contributed by atoms with Gasteiger partial charge in [0, 0.05) is 48.7 Å². The largest absolute Gasteiger partial charge is 0.361 e. The Kier molecular flexibility index (Phi) is 3.71. The van der Waals surface area contributed by atoms with Gasteiger partial charge >= 0.3 is 0 Å². The van der Waals surface area contributed by atoms with Gasteiger partial charge in [-0.2, -0.15) is 5.10 Å². The highest BCUT2D eigenvalue weighted by molar-refractivity contribution is 6.31. The van der Waals surface area contributed by atoms with Gasteiger partial charge in [0.25, 0.3) is 0 Å². The van der Waals surface area contributed by atoms with E-state index in [-0.39, 0.29) is 0 Å².